The van der Waals surface area contributed by atoms with E-state index in [1.54, 1.807) is 6.92 Å². The topological polar surface area (TPSA) is 59.6 Å². The van der Waals surface area contributed by atoms with Gasteiger partial charge in [-0.3, -0.25) is 4.79 Å². The molecule has 3 rings (SSSR count). The van der Waals surface area contributed by atoms with Gasteiger partial charge in [-0.15, -0.1) is 0 Å². The van der Waals surface area contributed by atoms with Gasteiger partial charge in [-0.05, 0) is 38.4 Å². The molecule has 1 aromatic rings. The smallest absolute Gasteiger partial charge is 0.260 e. The fraction of sp³-hybridized carbons (Fsp3) is 0.562. The molecule has 1 heterocycles. The highest BCUT2D eigenvalue weighted by Gasteiger charge is 2.27. The van der Waals surface area contributed by atoms with Crippen molar-refractivity contribution in [3.8, 4) is 11.5 Å². The van der Waals surface area contributed by atoms with E-state index in [0.717, 1.165) is 30.7 Å². The molecule has 114 valence electrons. The Kier molecular flexibility index (Phi) is 4.01. The van der Waals surface area contributed by atoms with Crippen molar-refractivity contribution in [2.24, 2.45) is 0 Å². The third kappa shape index (κ3) is 3.29. The van der Waals surface area contributed by atoms with Gasteiger partial charge in [0.2, 0.25) is 0 Å². The second-order valence-corrected chi connectivity index (χ2v) is 5.66. The number of carbonyl (C=O) groups excluding carboxylic acids is 1. The second kappa shape index (κ2) is 5.93. The molecule has 1 saturated carbocycles. The maximum absolute atomic E-state index is 11.9. The minimum atomic E-state index is -0.491. The lowest BCUT2D eigenvalue weighted by Crippen LogP contribution is -2.37. The van der Waals surface area contributed by atoms with E-state index in [1.807, 2.05) is 18.2 Å². The summed E-state index contributed by atoms with van der Waals surface area (Å²) in [5.41, 5.74) is 1.15. The SMILES string of the molecule is CCNC1COc2cc(OC(C)C(=O)NC3CC3)ccc21. The molecule has 2 N–H and O–H groups in total. The summed E-state index contributed by atoms with van der Waals surface area (Å²) in [6, 6.07) is 6.38. The molecule has 2 unspecified atom stereocenters. The Hall–Kier alpha value is -1.75. The largest absolute Gasteiger partial charge is 0.491 e. The minimum absolute atomic E-state index is 0.0514. The molecule has 1 aliphatic carbocycles. The summed E-state index contributed by atoms with van der Waals surface area (Å²) in [6.45, 7) is 5.40. The van der Waals surface area contributed by atoms with E-state index in [9.17, 15) is 4.79 Å². The Balaban J connectivity index is 1.62. The number of carbonyl (C=O) groups is 1. The summed E-state index contributed by atoms with van der Waals surface area (Å²) in [6.07, 6.45) is 1.67. The van der Waals surface area contributed by atoms with Gasteiger partial charge in [-0.1, -0.05) is 6.92 Å². The van der Waals surface area contributed by atoms with Gasteiger partial charge in [0.1, 0.15) is 18.1 Å². The van der Waals surface area contributed by atoms with Gasteiger partial charge in [0.05, 0.1) is 6.04 Å². The van der Waals surface area contributed by atoms with Gasteiger partial charge in [0, 0.05) is 17.7 Å². The summed E-state index contributed by atoms with van der Waals surface area (Å²) >= 11 is 0. The van der Waals surface area contributed by atoms with Crippen LogP contribution in [0.25, 0.3) is 0 Å². The number of rotatable bonds is 6. The number of fused-ring (bicyclic) bond motifs is 1. The van der Waals surface area contributed by atoms with E-state index in [0.29, 0.717) is 18.4 Å². The molecule has 1 fully saturated rings. The monoisotopic (exact) mass is 290 g/mol. The Labute approximate surface area is 125 Å². The lowest BCUT2D eigenvalue weighted by atomic mass is 10.1. The Morgan fingerprint density at radius 1 is 1.48 bits per heavy atom. The van der Waals surface area contributed by atoms with Crippen LogP contribution in [0.2, 0.25) is 0 Å². The van der Waals surface area contributed by atoms with Crippen molar-refractivity contribution < 1.29 is 14.3 Å². The van der Waals surface area contributed by atoms with Crippen molar-refractivity contribution >= 4 is 5.91 Å². The van der Waals surface area contributed by atoms with E-state index < -0.39 is 6.10 Å². The molecular formula is C16H22N2O3. The molecule has 1 aliphatic heterocycles. The average Bonchev–Trinajstić information content (AvgIpc) is 3.19. The zero-order chi connectivity index (χ0) is 14.8. The highest BCUT2D eigenvalue weighted by Crippen LogP contribution is 2.35. The first-order valence-corrected chi connectivity index (χ1v) is 7.64. The van der Waals surface area contributed by atoms with Crippen molar-refractivity contribution in [3.05, 3.63) is 23.8 Å². The lowest BCUT2D eigenvalue weighted by molar-refractivity contribution is -0.127. The Bertz CT molecular complexity index is 528. The summed E-state index contributed by atoms with van der Waals surface area (Å²) < 4.78 is 11.4. The minimum Gasteiger partial charge on any atom is -0.491 e. The molecule has 0 radical (unpaired) electrons. The molecule has 1 aromatic carbocycles. The molecule has 2 atom stereocenters. The number of hydrogen-bond donors (Lipinski definition) is 2. The third-order valence-electron chi connectivity index (χ3n) is 3.82. The van der Waals surface area contributed by atoms with Crippen LogP contribution in [0.15, 0.2) is 18.2 Å². The number of amides is 1. The fourth-order valence-electron chi connectivity index (χ4n) is 2.48. The predicted octanol–water partition coefficient (Wildman–Crippen LogP) is 1.78. The summed E-state index contributed by atoms with van der Waals surface area (Å²) in [5, 5.41) is 6.32. The molecule has 0 saturated heterocycles. The number of benzene rings is 1. The van der Waals surface area contributed by atoms with Crippen LogP contribution < -0.4 is 20.1 Å². The van der Waals surface area contributed by atoms with Crippen LogP contribution >= 0.6 is 0 Å². The van der Waals surface area contributed by atoms with Crippen molar-refractivity contribution in [2.45, 2.75) is 44.9 Å². The molecule has 0 spiro atoms. The molecule has 0 bridgehead atoms. The highest BCUT2D eigenvalue weighted by molar-refractivity contribution is 5.81. The van der Waals surface area contributed by atoms with Crippen molar-refractivity contribution in [1.82, 2.24) is 10.6 Å². The van der Waals surface area contributed by atoms with E-state index in [-0.39, 0.29) is 11.9 Å². The van der Waals surface area contributed by atoms with Gasteiger partial charge >= 0.3 is 0 Å². The zero-order valence-electron chi connectivity index (χ0n) is 12.5. The molecule has 2 aliphatic rings. The van der Waals surface area contributed by atoms with Gasteiger partial charge in [0.15, 0.2) is 6.10 Å². The number of ether oxygens (including phenoxy) is 2. The van der Waals surface area contributed by atoms with Crippen molar-refractivity contribution in [2.75, 3.05) is 13.2 Å². The Morgan fingerprint density at radius 3 is 3.00 bits per heavy atom. The van der Waals surface area contributed by atoms with Crippen LogP contribution in [-0.2, 0) is 4.79 Å². The molecule has 5 heteroatoms. The lowest BCUT2D eigenvalue weighted by Gasteiger charge is -2.15. The van der Waals surface area contributed by atoms with Gasteiger partial charge in [0.25, 0.3) is 5.91 Å². The summed E-state index contributed by atoms with van der Waals surface area (Å²) in [5.74, 6) is 1.46. The first kappa shape index (κ1) is 14.2. The predicted molar refractivity (Wildman–Crippen MR) is 79.6 cm³/mol. The van der Waals surface area contributed by atoms with Crippen molar-refractivity contribution in [3.63, 3.8) is 0 Å². The first-order valence-electron chi connectivity index (χ1n) is 7.64. The zero-order valence-corrected chi connectivity index (χ0v) is 12.5. The molecule has 0 aromatic heterocycles. The van der Waals surface area contributed by atoms with Crippen LogP contribution in [0.4, 0.5) is 0 Å². The number of hydrogen-bond acceptors (Lipinski definition) is 4. The maximum atomic E-state index is 11.9. The molecule has 5 nitrogen and oxygen atoms in total. The molecule has 1 amide bonds. The highest BCUT2D eigenvalue weighted by atomic mass is 16.5. The van der Waals surface area contributed by atoms with Crippen LogP contribution in [-0.4, -0.2) is 31.2 Å². The number of nitrogens with one attached hydrogen (secondary N) is 2. The third-order valence-corrected chi connectivity index (χ3v) is 3.82. The van der Waals surface area contributed by atoms with E-state index in [4.69, 9.17) is 9.47 Å². The molecular weight excluding hydrogens is 268 g/mol. The van der Waals surface area contributed by atoms with Gasteiger partial charge < -0.3 is 20.1 Å². The molecule has 21 heavy (non-hydrogen) atoms. The second-order valence-electron chi connectivity index (χ2n) is 5.66. The van der Waals surface area contributed by atoms with E-state index in [1.165, 1.54) is 0 Å². The first-order chi connectivity index (χ1) is 10.2. The standard InChI is InChI=1S/C16H22N2O3/c1-3-17-14-9-20-15-8-12(6-7-13(14)15)21-10(2)16(19)18-11-4-5-11/h6-8,10-11,14,17H,3-5,9H2,1-2H3,(H,18,19). The van der Waals surface area contributed by atoms with E-state index >= 15 is 0 Å². The fourth-order valence-corrected chi connectivity index (χ4v) is 2.48. The summed E-state index contributed by atoms with van der Waals surface area (Å²) in [7, 11) is 0. The van der Waals surface area contributed by atoms with Crippen LogP contribution in [0, 0.1) is 0 Å². The summed E-state index contributed by atoms with van der Waals surface area (Å²) in [4.78, 5) is 11.9. The van der Waals surface area contributed by atoms with E-state index in [2.05, 4.69) is 17.6 Å². The average molecular weight is 290 g/mol. The van der Waals surface area contributed by atoms with Gasteiger partial charge in [-0.2, -0.15) is 0 Å². The van der Waals surface area contributed by atoms with Gasteiger partial charge in [-0.25, -0.2) is 0 Å². The quantitative estimate of drug-likeness (QED) is 0.838. The normalized spacial score (nSPS) is 21.3. The van der Waals surface area contributed by atoms with Crippen LogP contribution in [0.3, 0.4) is 0 Å². The Morgan fingerprint density at radius 2 is 2.29 bits per heavy atom. The maximum Gasteiger partial charge on any atom is 0.260 e. The van der Waals surface area contributed by atoms with Crippen LogP contribution in [0.5, 0.6) is 11.5 Å². The number of likely N-dealkylation sites (N-methyl/N-ethyl adjacent to an activating group) is 1. The van der Waals surface area contributed by atoms with Crippen LogP contribution in [0.1, 0.15) is 38.3 Å². The van der Waals surface area contributed by atoms with Crippen molar-refractivity contribution in [1.29, 1.82) is 0 Å².